The fraction of sp³-hybridized carbons (Fsp3) is 0.400. The fourth-order valence-electron chi connectivity index (χ4n) is 2.64. The summed E-state index contributed by atoms with van der Waals surface area (Å²) in [5.41, 5.74) is 0.684. The summed E-state index contributed by atoms with van der Waals surface area (Å²) >= 11 is 0. The molecule has 2 heterocycles. The highest BCUT2D eigenvalue weighted by molar-refractivity contribution is 5.56. The lowest BCUT2D eigenvalue weighted by Gasteiger charge is -2.20. The van der Waals surface area contributed by atoms with Crippen LogP contribution < -0.4 is 0 Å². The Morgan fingerprint density at radius 2 is 2.35 bits per heavy atom. The fourth-order valence-corrected chi connectivity index (χ4v) is 2.64. The molecular formula is C15H17FN2O2. The molecular weight excluding hydrogens is 259 g/mol. The van der Waals surface area contributed by atoms with Gasteiger partial charge in [0.15, 0.2) is 5.76 Å². The zero-order valence-electron chi connectivity index (χ0n) is 11.1. The lowest BCUT2D eigenvalue weighted by atomic mass is 10.2. The van der Waals surface area contributed by atoms with Gasteiger partial charge in [0.1, 0.15) is 5.82 Å². The van der Waals surface area contributed by atoms with Gasteiger partial charge in [0, 0.05) is 11.6 Å². The lowest BCUT2D eigenvalue weighted by Crippen LogP contribution is -2.31. The molecule has 0 spiro atoms. The Bertz CT molecular complexity index is 585. The van der Waals surface area contributed by atoms with Crippen molar-refractivity contribution in [1.29, 1.82) is 0 Å². The van der Waals surface area contributed by atoms with E-state index in [1.807, 2.05) is 0 Å². The number of likely N-dealkylation sites (tertiary alicyclic amines) is 1. The second kappa shape index (κ2) is 5.73. The first-order chi connectivity index (χ1) is 9.76. The summed E-state index contributed by atoms with van der Waals surface area (Å²) in [5.74, 6) is 0.879. The molecule has 1 aromatic heterocycles. The Kier molecular flexibility index (Phi) is 3.80. The van der Waals surface area contributed by atoms with E-state index in [1.54, 1.807) is 18.3 Å². The topological polar surface area (TPSA) is 49.5 Å². The van der Waals surface area contributed by atoms with Gasteiger partial charge < -0.3 is 9.52 Å². The maximum atomic E-state index is 13.2. The normalized spacial score (nSPS) is 19.6. The van der Waals surface area contributed by atoms with E-state index in [0.29, 0.717) is 23.8 Å². The molecule has 1 aromatic carbocycles. The number of hydrogen-bond donors (Lipinski definition) is 1. The first kappa shape index (κ1) is 13.3. The molecule has 0 radical (unpaired) electrons. The van der Waals surface area contributed by atoms with Crippen molar-refractivity contribution in [2.45, 2.75) is 25.4 Å². The molecule has 4 nitrogen and oxygen atoms in total. The van der Waals surface area contributed by atoms with E-state index < -0.39 is 0 Å². The Hall–Kier alpha value is -1.72. The predicted octanol–water partition coefficient (Wildman–Crippen LogP) is 2.44. The average molecular weight is 276 g/mol. The highest BCUT2D eigenvalue weighted by atomic mass is 19.1. The average Bonchev–Trinajstić information content (AvgIpc) is 3.08. The minimum atomic E-state index is -0.291. The molecule has 0 saturated carbocycles. The molecule has 5 heteroatoms. The summed E-state index contributed by atoms with van der Waals surface area (Å²) in [6.45, 7) is 1.70. The van der Waals surface area contributed by atoms with Gasteiger partial charge in [-0.05, 0) is 31.5 Å². The lowest BCUT2D eigenvalue weighted by molar-refractivity contribution is 0.144. The van der Waals surface area contributed by atoms with Crippen LogP contribution in [0, 0.1) is 5.82 Å². The minimum Gasteiger partial charge on any atom is -0.439 e. The van der Waals surface area contributed by atoms with E-state index in [9.17, 15) is 9.50 Å². The van der Waals surface area contributed by atoms with Crippen LogP contribution in [0.15, 0.2) is 34.9 Å². The van der Waals surface area contributed by atoms with Crippen molar-refractivity contribution in [2.24, 2.45) is 0 Å². The van der Waals surface area contributed by atoms with Gasteiger partial charge >= 0.3 is 0 Å². The van der Waals surface area contributed by atoms with Gasteiger partial charge in [-0.15, -0.1) is 0 Å². The molecule has 1 unspecified atom stereocenters. The van der Waals surface area contributed by atoms with E-state index in [1.165, 1.54) is 12.1 Å². The highest BCUT2D eigenvalue weighted by Gasteiger charge is 2.25. The molecule has 0 bridgehead atoms. The van der Waals surface area contributed by atoms with Crippen molar-refractivity contribution >= 4 is 0 Å². The Labute approximate surface area is 116 Å². The van der Waals surface area contributed by atoms with Crippen LogP contribution >= 0.6 is 0 Å². The van der Waals surface area contributed by atoms with Gasteiger partial charge in [0.05, 0.1) is 19.3 Å². The van der Waals surface area contributed by atoms with Crippen molar-refractivity contribution < 1.29 is 13.9 Å². The van der Waals surface area contributed by atoms with Crippen LogP contribution in [0.1, 0.15) is 18.7 Å². The van der Waals surface area contributed by atoms with E-state index in [4.69, 9.17) is 4.42 Å². The van der Waals surface area contributed by atoms with E-state index >= 15 is 0 Å². The Morgan fingerprint density at radius 3 is 3.15 bits per heavy atom. The van der Waals surface area contributed by atoms with Crippen molar-refractivity contribution in [3.63, 3.8) is 0 Å². The second-order valence-electron chi connectivity index (χ2n) is 5.08. The molecule has 106 valence electrons. The number of hydrogen-bond acceptors (Lipinski definition) is 4. The molecule has 0 aliphatic carbocycles. The smallest absolute Gasteiger partial charge is 0.209 e. The maximum absolute atomic E-state index is 13.2. The molecule has 3 rings (SSSR count). The quantitative estimate of drug-likeness (QED) is 0.932. The maximum Gasteiger partial charge on any atom is 0.209 e. The Morgan fingerprint density at radius 1 is 1.45 bits per heavy atom. The third kappa shape index (κ3) is 2.73. The van der Waals surface area contributed by atoms with Gasteiger partial charge in [0.2, 0.25) is 5.89 Å². The monoisotopic (exact) mass is 276 g/mol. The van der Waals surface area contributed by atoms with Crippen LogP contribution in [-0.4, -0.2) is 34.2 Å². The van der Waals surface area contributed by atoms with Gasteiger partial charge in [0.25, 0.3) is 0 Å². The van der Waals surface area contributed by atoms with Crippen LogP contribution in [0.25, 0.3) is 11.3 Å². The molecule has 1 saturated heterocycles. The Balaban J connectivity index is 1.74. The van der Waals surface area contributed by atoms with Crippen LogP contribution in [0.3, 0.4) is 0 Å². The van der Waals surface area contributed by atoms with Gasteiger partial charge in [-0.2, -0.15) is 0 Å². The van der Waals surface area contributed by atoms with Crippen LogP contribution in [0.5, 0.6) is 0 Å². The molecule has 1 N–H and O–H groups in total. The first-order valence-electron chi connectivity index (χ1n) is 6.82. The van der Waals surface area contributed by atoms with E-state index in [0.717, 1.165) is 19.4 Å². The van der Waals surface area contributed by atoms with Crippen molar-refractivity contribution in [2.75, 3.05) is 13.2 Å². The van der Waals surface area contributed by atoms with Crippen LogP contribution in [0.2, 0.25) is 0 Å². The molecule has 2 aromatic rings. The molecule has 1 aliphatic rings. The number of halogens is 1. The molecule has 1 aliphatic heterocycles. The number of benzene rings is 1. The first-order valence-corrected chi connectivity index (χ1v) is 6.82. The number of aromatic nitrogens is 1. The van der Waals surface area contributed by atoms with Crippen LogP contribution in [0.4, 0.5) is 4.39 Å². The molecule has 20 heavy (non-hydrogen) atoms. The molecule has 1 fully saturated rings. The number of aliphatic hydroxyl groups excluding tert-OH is 1. The number of rotatable bonds is 4. The highest BCUT2D eigenvalue weighted by Crippen LogP contribution is 2.24. The standard InChI is InChI=1S/C15H17FN2O2/c16-12-4-1-3-11(7-12)14-8-17-15(20-14)9-18-6-2-5-13(18)10-19/h1,3-4,7-8,13,19H,2,5-6,9-10H2. The largest absolute Gasteiger partial charge is 0.439 e. The number of oxazole rings is 1. The zero-order chi connectivity index (χ0) is 13.9. The number of aliphatic hydroxyl groups is 1. The van der Waals surface area contributed by atoms with E-state index in [2.05, 4.69) is 9.88 Å². The summed E-state index contributed by atoms with van der Waals surface area (Å²) < 4.78 is 18.9. The van der Waals surface area contributed by atoms with Crippen LogP contribution in [-0.2, 0) is 6.54 Å². The third-order valence-corrected chi connectivity index (χ3v) is 3.71. The summed E-state index contributed by atoms with van der Waals surface area (Å²) in [6, 6.07) is 6.46. The van der Waals surface area contributed by atoms with Gasteiger partial charge in [-0.3, -0.25) is 4.90 Å². The molecule has 1 atom stereocenters. The molecule has 0 amide bonds. The summed E-state index contributed by atoms with van der Waals surface area (Å²) in [4.78, 5) is 6.41. The van der Waals surface area contributed by atoms with Crippen molar-refractivity contribution in [3.05, 3.63) is 42.2 Å². The predicted molar refractivity (Wildman–Crippen MR) is 72.4 cm³/mol. The van der Waals surface area contributed by atoms with Gasteiger partial charge in [-0.25, -0.2) is 9.37 Å². The minimum absolute atomic E-state index is 0.164. The number of nitrogens with zero attached hydrogens (tertiary/aromatic N) is 2. The van der Waals surface area contributed by atoms with E-state index in [-0.39, 0.29) is 18.5 Å². The zero-order valence-corrected chi connectivity index (χ0v) is 11.1. The summed E-state index contributed by atoms with van der Waals surface area (Å²) in [7, 11) is 0. The van der Waals surface area contributed by atoms with Gasteiger partial charge in [-0.1, -0.05) is 12.1 Å². The van der Waals surface area contributed by atoms with Crippen molar-refractivity contribution in [3.8, 4) is 11.3 Å². The SMILES string of the molecule is OCC1CCCN1Cc1ncc(-c2cccc(F)c2)o1. The van der Waals surface area contributed by atoms with Crippen molar-refractivity contribution in [1.82, 2.24) is 9.88 Å². The second-order valence-corrected chi connectivity index (χ2v) is 5.08. The summed E-state index contributed by atoms with van der Waals surface area (Å²) in [5, 5.41) is 9.29. The third-order valence-electron chi connectivity index (χ3n) is 3.71. The summed E-state index contributed by atoms with van der Waals surface area (Å²) in [6.07, 6.45) is 3.71.